The summed E-state index contributed by atoms with van der Waals surface area (Å²) in [5, 5.41) is 0. The van der Waals surface area contributed by atoms with E-state index in [0.717, 1.165) is 43.4 Å². The van der Waals surface area contributed by atoms with Gasteiger partial charge >= 0.3 is 6.09 Å². The summed E-state index contributed by atoms with van der Waals surface area (Å²) in [6.07, 6.45) is 5.60. The van der Waals surface area contributed by atoms with Crippen molar-refractivity contribution in [2.24, 2.45) is 17.6 Å². The molecule has 0 unspecified atom stereocenters. The summed E-state index contributed by atoms with van der Waals surface area (Å²) in [5.74, 6) is -1.06. The van der Waals surface area contributed by atoms with Gasteiger partial charge in [0.2, 0.25) is 5.91 Å². The average molecular weight is 469 g/mol. The van der Waals surface area contributed by atoms with Crippen molar-refractivity contribution in [2.45, 2.75) is 77.0 Å². The van der Waals surface area contributed by atoms with Crippen molar-refractivity contribution in [1.82, 2.24) is 4.90 Å². The van der Waals surface area contributed by atoms with Crippen LogP contribution >= 0.6 is 0 Å². The van der Waals surface area contributed by atoms with Gasteiger partial charge in [-0.3, -0.25) is 14.5 Å². The van der Waals surface area contributed by atoms with Crippen LogP contribution in [0, 0.1) is 11.8 Å². The van der Waals surface area contributed by atoms with Crippen LogP contribution in [0.1, 0.15) is 64.0 Å². The van der Waals surface area contributed by atoms with E-state index in [0.29, 0.717) is 13.0 Å². The molecule has 4 rings (SSSR count). The molecule has 2 aliphatic heterocycles. The zero-order valence-corrected chi connectivity index (χ0v) is 20.4. The monoisotopic (exact) mass is 468 g/mol. The quantitative estimate of drug-likeness (QED) is 0.655. The number of hydrogen-bond donors (Lipinski definition) is 1. The first-order valence-electron chi connectivity index (χ1n) is 12.3. The number of likely N-dealkylation sites (tertiary alicyclic amines) is 1. The minimum atomic E-state index is -0.630. The second-order valence-electron chi connectivity index (χ2n) is 10.8. The fraction of sp³-hybridized carbons (Fsp3) is 0.593. The lowest BCUT2D eigenvalue weighted by atomic mass is 9.86. The van der Waals surface area contributed by atoms with Crippen LogP contribution in [0.2, 0.25) is 0 Å². The SMILES string of the molecule is CC(C)(C)OC(=O)N1[C@@H]2CC[C@@H](C2)[C@H]1C(=O)C[C@@H](Cc1ccc(C2=CCOCC2)cc1)C(N)=O. The molecule has 3 aliphatic rings. The smallest absolute Gasteiger partial charge is 0.411 e. The third-order valence-electron chi connectivity index (χ3n) is 7.14. The summed E-state index contributed by atoms with van der Waals surface area (Å²) in [4.78, 5) is 40.2. The Balaban J connectivity index is 1.44. The Morgan fingerprint density at radius 2 is 1.91 bits per heavy atom. The van der Waals surface area contributed by atoms with Gasteiger partial charge in [-0.25, -0.2) is 4.79 Å². The number of hydrogen-bond acceptors (Lipinski definition) is 5. The number of primary amides is 1. The second-order valence-corrected chi connectivity index (χ2v) is 10.8. The van der Waals surface area contributed by atoms with Crippen molar-refractivity contribution in [3.63, 3.8) is 0 Å². The van der Waals surface area contributed by atoms with E-state index in [1.54, 1.807) is 4.90 Å². The summed E-state index contributed by atoms with van der Waals surface area (Å²) >= 11 is 0. The van der Waals surface area contributed by atoms with Crippen molar-refractivity contribution in [3.8, 4) is 0 Å². The molecule has 184 valence electrons. The maximum Gasteiger partial charge on any atom is 0.411 e. The number of piperidine rings is 1. The first-order chi connectivity index (χ1) is 16.1. The fourth-order valence-corrected chi connectivity index (χ4v) is 5.55. The molecule has 7 heteroatoms. The zero-order chi connectivity index (χ0) is 24.5. The van der Waals surface area contributed by atoms with Gasteiger partial charge in [-0.2, -0.15) is 0 Å². The number of ketones is 1. The molecule has 2 bridgehead atoms. The lowest BCUT2D eigenvalue weighted by Gasteiger charge is -2.36. The molecule has 1 aliphatic carbocycles. The highest BCUT2D eigenvalue weighted by Crippen LogP contribution is 2.44. The molecule has 0 spiro atoms. The van der Waals surface area contributed by atoms with Gasteiger partial charge in [0.15, 0.2) is 5.78 Å². The van der Waals surface area contributed by atoms with Gasteiger partial charge < -0.3 is 15.2 Å². The lowest BCUT2D eigenvalue weighted by Crippen LogP contribution is -2.51. The van der Waals surface area contributed by atoms with Crippen molar-refractivity contribution < 1.29 is 23.9 Å². The van der Waals surface area contributed by atoms with Crippen LogP contribution in [0.4, 0.5) is 4.79 Å². The summed E-state index contributed by atoms with van der Waals surface area (Å²) in [7, 11) is 0. The highest BCUT2D eigenvalue weighted by atomic mass is 16.6. The van der Waals surface area contributed by atoms with Crippen LogP contribution in [-0.2, 0) is 25.5 Å². The zero-order valence-electron chi connectivity index (χ0n) is 20.4. The standard InChI is InChI=1S/C27H36N2O5/c1-27(2,3)34-26(32)29-22-9-8-20(15-22)24(29)23(30)16-21(25(28)31)14-17-4-6-18(7-5-17)19-10-12-33-13-11-19/h4-7,10,20-22,24H,8-9,11-16H2,1-3H3,(H2,28,31)/t20-,21+,22+,24-/m0/s1. The van der Waals surface area contributed by atoms with Crippen molar-refractivity contribution in [3.05, 3.63) is 41.5 Å². The van der Waals surface area contributed by atoms with Crippen LogP contribution in [0.3, 0.4) is 0 Å². The molecule has 34 heavy (non-hydrogen) atoms. The Kier molecular flexibility index (Phi) is 7.12. The summed E-state index contributed by atoms with van der Waals surface area (Å²) in [6, 6.07) is 7.60. The number of fused-ring (bicyclic) bond motifs is 2. The minimum absolute atomic E-state index is 0.0345. The van der Waals surface area contributed by atoms with Gasteiger partial charge in [0, 0.05) is 18.4 Å². The van der Waals surface area contributed by atoms with Gasteiger partial charge in [0.05, 0.1) is 19.3 Å². The molecular formula is C27H36N2O5. The molecule has 1 aromatic carbocycles. The van der Waals surface area contributed by atoms with Gasteiger partial charge in [0.25, 0.3) is 0 Å². The Morgan fingerprint density at radius 1 is 1.18 bits per heavy atom. The number of benzene rings is 1. The van der Waals surface area contributed by atoms with Crippen LogP contribution < -0.4 is 5.73 Å². The topological polar surface area (TPSA) is 98.9 Å². The van der Waals surface area contributed by atoms with Crippen LogP contribution in [-0.4, -0.2) is 53.6 Å². The third-order valence-corrected chi connectivity index (χ3v) is 7.14. The van der Waals surface area contributed by atoms with E-state index in [4.69, 9.17) is 15.2 Å². The first-order valence-corrected chi connectivity index (χ1v) is 12.3. The molecule has 2 N–H and O–H groups in total. The molecule has 2 fully saturated rings. The van der Waals surface area contributed by atoms with Crippen LogP contribution in [0.15, 0.2) is 30.3 Å². The number of carbonyl (C=O) groups is 3. The predicted molar refractivity (Wildman–Crippen MR) is 129 cm³/mol. The van der Waals surface area contributed by atoms with Gasteiger partial charge in [0.1, 0.15) is 5.60 Å². The van der Waals surface area contributed by atoms with E-state index in [-0.39, 0.29) is 24.2 Å². The molecule has 1 saturated heterocycles. The lowest BCUT2D eigenvalue weighted by molar-refractivity contribution is -0.131. The fourth-order valence-electron chi connectivity index (χ4n) is 5.55. The Morgan fingerprint density at radius 3 is 2.53 bits per heavy atom. The largest absolute Gasteiger partial charge is 0.444 e. The molecule has 1 saturated carbocycles. The Labute approximate surface area is 201 Å². The van der Waals surface area contributed by atoms with E-state index in [2.05, 4.69) is 6.08 Å². The number of rotatable bonds is 7. The predicted octanol–water partition coefficient (Wildman–Crippen LogP) is 3.88. The Hall–Kier alpha value is -2.67. The molecular weight excluding hydrogens is 432 g/mol. The number of carbonyl (C=O) groups excluding carboxylic acids is 3. The highest BCUT2D eigenvalue weighted by Gasteiger charge is 2.52. The summed E-state index contributed by atoms with van der Waals surface area (Å²) < 4.78 is 11.0. The minimum Gasteiger partial charge on any atom is -0.444 e. The van der Waals surface area contributed by atoms with Gasteiger partial charge in [-0.15, -0.1) is 0 Å². The maximum absolute atomic E-state index is 13.4. The van der Waals surface area contributed by atoms with E-state index >= 15 is 0 Å². The second kappa shape index (κ2) is 9.90. The molecule has 0 radical (unpaired) electrons. The number of ether oxygens (including phenoxy) is 2. The van der Waals surface area contributed by atoms with E-state index in [9.17, 15) is 14.4 Å². The molecule has 4 atom stereocenters. The average Bonchev–Trinajstić information content (AvgIpc) is 3.40. The van der Waals surface area contributed by atoms with Crippen molar-refractivity contribution in [1.29, 1.82) is 0 Å². The van der Waals surface area contributed by atoms with Gasteiger partial charge in [-0.1, -0.05) is 30.3 Å². The maximum atomic E-state index is 13.4. The Bertz CT molecular complexity index is 962. The molecule has 2 amide bonds. The first kappa shape index (κ1) is 24.5. The molecule has 2 heterocycles. The molecule has 1 aromatic rings. The normalized spacial score (nSPS) is 25.1. The molecule has 7 nitrogen and oxygen atoms in total. The van der Waals surface area contributed by atoms with Crippen molar-refractivity contribution in [2.75, 3.05) is 13.2 Å². The van der Waals surface area contributed by atoms with E-state index in [1.165, 1.54) is 5.57 Å². The van der Waals surface area contributed by atoms with Gasteiger partial charge in [-0.05, 0) is 75.5 Å². The summed E-state index contributed by atoms with van der Waals surface area (Å²) in [6.45, 7) is 6.82. The number of Topliss-reactive ketones (excluding diaryl/α,β-unsaturated/α-hetero) is 1. The van der Waals surface area contributed by atoms with E-state index < -0.39 is 29.6 Å². The number of amides is 2. The number of nitrogens with zero attached hydrogens (tertiary/aromatic N) is 1. The van der Waals surface area contributed by atoms with Crippen LogP contribution in [0.5, 0.6) is 0 Å². The number of nitrogens with two attached hydrogens (primary N) is 1. The van der Waals surface area contributed by atoms with E-state index in [1.807, 2.05) is 45.0 Å². The molecule has 0 aromatic heterocycles. The van der Waals surface area contributed by atoms with Crippen molar-refractivity contribution >= 4 is 23.4 Å². The third kappa shape index (κ3) is 5.52. The summed E-state index contributed by atoms with van der Waals surface area (Å²) in [5.41, 5.74) is 8.45. The highest BCUT2D eigenvalue weighted by molar-refractivity contribution is 5.92. The van der Waals surface area contributed by atoms with Crippen LogP contribution in [0.25, 0.3) is 5.57 Å².